The van der Waals surface area contributed by atoms with E-state index in [0.717, 1.165) is 41.6 Å². The second-order valence-electron chi connectivity index (χ2n) is 9.75. The van der Waals surface area contributed by atoms with Gasteiger partial charge in [-0.05, 0) is 74.2 Å². The van der Waals surface area contributed by atoms with Crippen LogP contribution in [0.3, 0.4) is 0 Å². The average Bonchev–Trinajstić information content (AvgIpc) is 3.60. The number of carbonyl (C=O) groups excluding carboxylic acids is 1. The fourth-order valence-electron chi connectivity index (χ4n) is 4.49. The second-order valence-corrected chi connectivity index (χ2v) is 10.7. The van der Waals surface area contributed by atoms with Gasteiger partial charge >= 0.3 is 6.36 Å². The van der Waals surface area contributed by atoms with Crippen LogP contribution in [-0.2, 0) is 11.2 Å². The van der Waals surface area contributed by atoms with Crippen LogP contribution in [0, 0.1) is 6.92 Å². The molecule has 0 saturated carbocycles. The number of hydrogen-bond acceptors (Lipinski definition) is 8. The molecule has 0 radical (unpaired) electrons. The largest absolute Gasteiger partial charge is 0.573 e. The van der Waals surface area contributed by atoms with Crippen LogP contribution in [-0.4, -0.2) is 56.0 Å². The molecular weight excluding hydrogens is 581 g/mol. The maximum atomic E-state index is 12.4. The summed E-state index contributed by atoms with van der Waals surface area (Å²) in [5, 5.41) is 18.3. The number of para-hydroxylation sites is 1. The summed E-state index contributed by atoms with van der Waals surface area (Å²) in [6.45, 7) is 2.49. The number of rotatable bonds is 11. The van der Waals surface area contributed by atoms with E-state index in [1.165, 1.54) is 47.0 Å². The zero-order valence-corrected chi connectivity index (χ0v) is 24.0. The van der Waals surface area contributed by atoms with Crippen LogP contribution in [0.4, 0.5) is 18.9 Å². The lowest BCUT2D eigenvalue weighted by Gasteiger charge is -2.19. The number of halogens is 3. The second kappa shape index (κ2) is 13.4. The number of anilines is 1. The van der Waals surface area contributed by atoms with Crippen molar-refractivity contribution in [2.24, 2.45) is 4.99 Å². The molecule has 1 aromatic heterocycles. The fraction of sp³-hybridized carbons (Fsp3) is 0.267. The number of hydrogen-bond donors (Lipinski definition) is 2. The van der Waals surface area contributed by atoms with Crippen molar-refractivity contribution in [3.05, 3.63) is 90.3 Å². The highest BCUT2D eigenvalue weighted by atomic mass is 32.2. The lowest BCUT2D eigenvalue weighted by Crippen LogP contribution is -2.34. The van der Waals surface area contributed by atoms with Crippen molar-refractivity contribution >= 4 is 28.5 Å². The molecule has 1 unspecified atom stereocenters. The number of aliphatic imine (C=N–C) groups is 1. The lowest BCUT2D eigenvalue weighted by molar-refractivity contribution is -0.274. The lowest BCUT2D eigenvalue weighted by atomic mass is 10.1. The third-order valence-electron chi connectivity index (χ3n) is 6.61. The SMILES string of the molecule is Cc1ccccc1N1C(=O)CSC1=NC(O)NCCCCc1ccc(-c2ncn(-c3ccc(OC(F)(F)F)cc3)n2)cc1. The van der Waals surface area contributed by atoms with Crippen molar-refractivity contribution < 1.29 is 27.8 Å². The van der Waals surface area contributed by atoms with Crippen molar-refractivity contribution in [1.29, 1.82) is 0 Å². The molecule has 224 valence electrons. The topological polar surface area (TPSA) is 105 Å². The summed E-state index contributed by atoms with van der Waals surface area (Å²) < 4.78 is 42.5. The zero-order valence-electron chi connectivity index (χ0n) is 23.2. The minimum absolute atomic E-state index is 0.0615. The Hall–Kier alpha value is -4.20. The van der Waals surface area contributed by atoms with Crippen LogP contribution in [0.2, 0.25) is 0 Å². The van der Waals surface area contributed by atoms with Gasteiger partial charge in [-0.15, -0.1) is 18.3 Å². The number of carbonyl (C=O) groups is 1. The highest BCUT2D eigenvalue weighted by Gasteiger charge is 2.32. The van der Waals surface area contributed by atoms with Crippen LogP contribution in [0.5, 0.6) is 5.75 Å². The maximum absolute atomic E-state index is 12.4. The molecule has 4 aromatic rings. The minimum Gasteiger partial charge on any atom is -0.406 e. The van der Waals surface area contributed by atoms with Gasteiger partial charge in [0.2, 0.25) is 12.3 Å². The number of aliphatic hydroxyl groups is 1. The molecule has 0 aliphatic carbocycles. The molecule has 1 aliphatic heterocycles. The number of unbranched alkanes of at least 4 members (excludes halogenated alkanes) is 1. The summed E-state index contributed by atoms with van der Waals surface area (Å²) in [4.78, 5) is 22.6. The highest BCUT2D eigenvalue weighted by molar-refractivity contribution is 8.15. The number of benzene rings is 3. The van der Waals surface area contributed by atoms with E-state index in [4.69, 9.17) is 0 Å². The van der Waals surface area contributed by atoms with Crippen LogP contribution in [0.15, 0.2) is 84.1 Å². The van der Waals surface area contributed by atoms with Crippen molar-refractivity contribution in [1.82, 2.24) is 20.1 Å². The monoisotopic (exact) mass is 610 g/mol. The number of nitrogens with one attached hydrogen (secondary N) is 1. The van der Waals surface area contributed by atoms with E-state index < -0.39 is 12.7 Å². The molecule has 0 spiro atoms. The first-order chi connectivity index (χ1) is 20.7. The van der Waals surface area contributed by atoms with Gasteiger partial charge in [-0.1, -0.05) is 54.2 Å². The summed E-state index contributed by atoms with van der Waals surface area (Å²) in [5.74, 6) is 0.409. The molecule has 0 bridgehead atoms. The van der Waals surface area contributed by atoms with Gasteiger partial charge in [0.25, 0.3) is 0 Å². The number of aryl methyl sites for hydroxylation is 2. The summed E-state index contributed by atoms with van der Waals surface area (Å²) in [6, 6.07) is 20.8. The Kier molecular flexibility index (Phi) is 9.43. The van der Waals surface area contributed by atoms with Gasteiger partial charge in [-0.25, -0.2) is 14.7 Å². The molecule has 1 saturated heterocycles. The van der Waals surface area contributed by atoms with E-state index >= 15 is 0 Å². The molecule has 43 heavy (non-hydrogen) atoms. The predicted molar refractivity (Wildman–Crippen MR) is 159 cm³/mol. The van der Waals surface area contributed by atoms with Crippen LogP contribution < -0.4 is 15.0 Å². The molecule has 1 aliphatic rings. The Bertz CT molecular complexity index is 1580. The number of amidine groups is 1. The molecule has 1 amide bonds. The van der Waals surface area contributed by atoms with E-state index in [9.17, 15) is 23.1 Å². The molecular formula is C30H29F3N6O3S. The number of aliphatic hydroxyl groups excluding tert-OH is 1. The summed E-state index contributed by atoms with van der Waals surface area (Å²) >= 11 is 1.31. The smallest absolute Gasteiger partial charge is 0.406 e. The van der Waals surface area contributed by atoms with Crippen molar-refractivity contribution in [3.8, 4) is 22.8 Å². The standard InChI is InChI=1S/C30H29F3N6O3S/c1-20-6-2-3-8-25(20)39-26(40)18-43-29(39)36-28(41)34-17-5-4-7-21-9-11-22(12-10-21)27-35-19-38(37-27)23-13-15-24(16-14-23)42-30(31,32)33/h2-3,6,8-16,19,28,34,41H,4-5,7,17-18H2,1H3. The molecule has 2 N–H and O–H groups in total. The number of alkyl halides is 3. The Morgan fingerprint density at radius 2 is 1.81 bits per heavy atom. The quantitative estimate of drug-likeness (QED) is 0.172. The first-order valence-corrected chi connectivity index (χ1v) is 14.5. The Balaban J connectivity index is 1.07. The van der Waals surface area contributed by atoms with Crippen molar-refractivity contribution in [2.75, 3.05) is 17.2 Å². The third-order valence-corrected chi connectivity index (χ3v) is 7.55. The highest BCUT2D eigenvalue weighted by Crippen LogP contribution is 2.29. The van der Waals surface area contributed by atoms with Gasteiger partial charge in [0, 0.05) is 5.56 Å². The molecule has 5 rings (SSSR count). The first-order valence-electron chi connectivity index (χ1n) is 13.5. The van der Waals surface area contributed by atoms with Crippen LogP contribution in [0.25, 0.3) is 17.1 Å². The molecule has 3 aromatic carbocycles. The van der Waals surface area contributed by atoms with E-state index in [1.54, 1.807) is 4.90 Å². The first kappa shape index (κ1) is 30.3. The zero-order chi connectivity index (χ0) is 30.4. The molecule has 2 heterocycles. The van der Waals surface area contributed by atoms with E-state index in [0.29, 0.717) is 23.2 Å². The minimum atomic E-state index is -4.74. The number of ether oxygens (including phenoxy) is 1. The number of aromatic nitrogens is 3. The van der Waals surface area contributed by atoms with Gasteiger partial charge in [0.15, 0.2) is 11.0 Å². The summed E-state index contributed by atoms with van der Waals surface area (Å²) in [6.07, 6.45) is -1.82. The number of thioether (sulfide) groups is 1. The van der Waals surface area contributed by atoms with Gasteiger partial charge in [-0.3, -0.25) is 15.0 Å². The normalized spacial score (nSPS) is 15.3. The maximum Gasteiger partial charge on any atom is 0.573 e. The Labute approximate surface area is 250 Å². The van der Waals surface area contributed by atoms with Gasteiger partial charge in [-0.2, -0.15) is 0 Å². The summed E-state index contributed by atoms with van der Waals surface area (Å²) in [5.41, 5.74) is 4.23. The molecule has 1 fully saturated rings. The predicted octanol–water partition coefficient (Wildman–Crippen LogP) is 5.47. The molecule has 9 nitrogen and oxygen atoms in total. The van der Waals surface area contributed by atoms with E-state index in [-0.39, 0.29) is 17.4 Å². The molecule has 1 atom stereocenters. The third kappa shape index (κ3) is 8.00. The van der Waals surface area contributed by atoms with Crippen molar-refractivity contribution in [3.63, 3.8) is 0 Å². The average molecular weight is 611 g/mol. The van der Waals surface area contributed by atoms with Gasteiger partial charge in [0.1, 0.15) is 12.1 Å². The van der Waals surface area contributed by atoms with E-state index in [2.05, 4.69) is 25.1 Å². The number of amides is 1. The Morgan fingerprint density at radius 3 is 2.53 bits per heavy atom. The van der Waals surface area contributed by atoms with Gasteiger partial charge in [0.05, 0.1) is 17.1 Å². The van der Waals surface area contributed by atoms with Crippen LogP contribution in [0.1, 0.15) is 24.0 Å². The van der Waals surface area contributed by atoms with Gasteiger partial charge < -0.3 is 9.84 Å². The Morgan fingerprint density at radius 1 is 1.07 bits per heavy atom. The molecule has 13 heteroatoms. The van der Waals surface area contributed by atoms with E-state index in [1.807, 2.05) is 55.5 Å². The van der Waals surface area contributed by atoms with Crippen LogP contribution >= 0.6 is 11.8 Å². The number of nitrogens with zero attached hydrogens (tertiary/aromatic N) is 5. The van der Waals surface area contributed by atoms with Crippen molar-refractivity contribution in [2.45, 2.75) is 38.9 Å². The fourth-order valence-corrected chi connectivity index (χ4v) is 5.37. The summed E-state index contributed by atoms with van der Waals surface area (Å²) in [7, 11) is 0.